The third kappa shape index (κ3) is 3.78. The smallest absolute Gasteiger partial charge is 0.326 e. The summed E-state index contributed by atoms with van der Waals surface area (Å²) < 4.78 is 0. The number of nitrogens with zero attached hydrogens (tertiary/aromatic N) is 3. The maximum atomic E-state index is 13.0. The number of carbonyl (C=O) groups is 2. The molecule has 1 aromatic carbocycles. The van der Waals surface area contributed by atoms with Crippen LogP contribution in [0, 0.1) is 0 Å². The van der Waals surface area contributed by atoms with Gasteiger partial charge >= 0.3 is 6.03 Å². The Morgan fingerprint density at radius 3 is 2.37 bits per heavy atom. The van der Waals surface area contributed by atoms with Crippen molar-refractivity contribution >= 4 is 29.2 Å². The van der Waals surface area contributed by atoms with Crippen LogP contribution < -0.4 is 10.2 Å². The fraction of sp³-hybridized carbons (Fsp3) is 0.600. The Kier molecular flexibility index (Phi) is 5.28. The summed E-state index contributed by atoms with van der Waals surface area (Å²) in [5.41, 5.74) is 0.477. The number of nitrogens with one attached hydrogen (secondary N) is 1. The molecule has 4 rings (SSSR count). The van der Waals surface area contributed by atoms with Crippen molar-refractivity contribution in [2.45, 2.75) is 44.1 Å². The van der Waals surface area contributed by atoms with Crippen LogP contribution >= 0.6 is 11.6 Å². The number of hydrogen-bond acceptors (Lipinski definition) is 4. The lowest BCUT2D eigenvalue weighted by Crippen LogP contribution is -2.52. The average Bonchev–Trinajstić information content (AvgIpc) is 2.84. The highest BCUT2D eigenvalue weighted by Crippen LogP contribution is 2.33. The summed E-state index contributed by atoms with van der Waals surface area (Å²) in [5, 5.41) is 3.76. The molecule has 1 spiro atoms. The minimum Gasteiger partial charge on any atom is -0.369 e. The Bertz CT molecular complexity index is 710. The highest BCUT2D eigenvalue weighted by Gasteiger charge is 2.50. The highest BCUT2D eigenvalue weighted by atomic mass is 35.5. The fourth-order valence-corrected chi connectivity index (χ4v) is 4.68. The molecule has 3 amide bonds. The molecule has 2 aliphatic heterocycles. The van der Waals surface area contributed by atoms with Crippen LogP contribution in [-0.4, -0.2) is 60.1 Å². The van der Waals surface area contributed by atoms with E-state index in [0.717, 1.165) is 75.4 Å². The minimum absolute atomic E-state index is 0.0216. The number of hydrogen-bond donors (Lipinski definition) is 1. The number of carbonyl (C=O) groups excluding carboxylic acids is 2. The second kappa shape index (κ2) is 7.68. The van der Waals surface area contributed by atoms with E-state index in [9.17, 15) is 9.59 Å². The first-order valence-corrected chi connectivity index (χ1v) is 10.3. The van der Waals surface area contributed by atoms with Crippen molar-refractivity contribution in [1.29, 1.82) is 0 Å². The average molecular weight is 391 g/mol. The van der Waals surface area contributed by atoms with Gasteiger partial charge in [0.15, 0.2) is 0 Å². The maximum Gasteiger partial charge on any atom is 0.326 e. The molecular formula is C20H27ClN4O2. The van der Waals surface area contributed by atoms with E-state index in [1.54, 1.807) is 0 Å². The molecule has 3 aliphatic rings. The Morgan fingerprint density at radius 1 is 1.00 bits per heavy atom. The van der Waals surface area contributed by atoms with Gasteiger partial charge in [-0.25, -0.2) is 9.69 Å². The number of benzene rings is 1. The first-order chi connectivity index (χ1) is 13.1. The molecule has 2 heterocycles. The van der Waals surface area contributed by atoms with Crippen molar-refractivity contribution in [3.63, 3.8) is 0 Å². The van der Waals surface area contributed by atoms with E-state index in [4.69, 9.17) is 11.6 Å². The number of imide groups is 1. The number of amides is 3. The third-order valence-corrected chi connectivity index (χ3v) is 6.33. The van der Waals surface area contributed by atoms with Gasteiger partial charge in [0.05, 0.1) is 6.67 Å². The van der Waals surface area contributed by atoms with Crippen molar-refractivity contribution in [2.24, 2.45) is 0 Å². The fourth-order valence-electron chi connectivity index (χ4n) is 4.50. The molecule has 3 fully saturated rings. The van der Waals surface area contributed by atoms with Crippen LogP contribution in [0.4, 0.5) is 10.5 Å². The van der Waals surface area contributed by atoms with E-state index < -0.39 is 5.54 Å². The second-order valence-electron chi connectivity index (χ2n) is 7.89. The first kappa shape index (κ1) is 18.6. The van der Waals surface area contributed by atoms with Gasteiger partial charge < -0.3 is 10.2 Å². The van der Waals surface area contributed by atoms with E-state index in [2.05, 4.69) is 21.2 Å². The molecular weight excluding hydrogens is 364 g/mol. The molecule has 0 unspecified atom stereocenters. The first-order valence-electron chi connectivity index (χ1n) is 9.94. The van der Waals surface area contributed by atoms with Gasteiger partial charge in [0.2, 0.25) is 0 Å². The molecule has 0 aromatic heterocycles. The van der Waals surface area contributed by atoms with Crippen LogP contribution in [0.25, 0.3) is 0 Å². The lowest BCUT2D eigenvalue weighted by Gasteiger charge is -2.37. The predicted molar refractivity (Wildman–Crippen MR) is 106 cm³/mol. The van der Waals surface area contributed by atoms with Crippen molar-refractivity contribution in [3.8, 4) is 0 Å². The number of urea groups is 1. The summed E-state index contributed by atoms with van der Waals surface area (Å²) >= 11 is 6.10. The van der Waals surface area contributed by atoms with E-state index in [1.165, 1.54) is 4.90 Å². The van der Waals surface area contributed by atoms with Crippen LogP contribution in [0.3, 0.4) is 0 Å². The summed E-state index contributed by atoms with van der Waals surface area (Å²) in [7, 11) is 0. The molecule has 1 N–H and O–H groups in total. The third-order valence-electron chi connectivity index (χ3n) is 6.09. The van der Waals surface area contributed by atoms with Gasteiger partial charge in [0.25, 0.3) is 5.91 Å². The summed E-state index contributed by atoms with van der Waals surface area (Å²) in [6.45, 7) is 3.73. The van der Waals surface area contributed by atoms with Gasteiger partial charge in [-0.05, 0) is 31.0 Å². The van der Waals surface area contributed by atoms with Crippen LogP contribution in [0.5, 0.6) is 0 Å². The quantitative estimate of drug-likeness (QED) is 0.806. The molecule has 1 aliphatic carbocycles. The monoisotopic (exact) mass is 390 g/mol. The van der Waals surface area contributed by atoms with E-state index in [1.807, 2.05) is 18.2 Å². The molecule has 2 saturated heterocycles. The van der Waals surface area contributed by atoms with Gasteiger partial charge in [-0.1, -0.05) is 43.4 Å². The van der Waals surface area contributed by atoms with Crippen LogP contribution in [0.1, 0.15) is 38.5 Å². The molecule has 1 saturated carbocycles. The molecule has 1 aromatic rings. The Morgan fingerprint density at radius 2 is 1.70 bits per heavy atom. The SMILES string of the molecule is O=C1NC2(CCCCCC2)C(=O)N1CN1CCN(c2cccc(Cl)c2)CC1. The van der Waals surface area contributed by atoms with Gasteiger partial charge in [0, 0.05) is 36.9 Å². The Labute approximate surface area is 165 Å². The van der Waals surface area contributed by atoms with Crippen LogP contribution in [0.2, 0.25) is 5.02 Å². The second-order valence-corrected chi connectivity index (χ2v) is 8.32. The van der Waals surface area contributed by atoms with E-state index >= 15 is 0 Å². The predicted octanol–water partition coefficient (Wildman–Crippen LogP) is 3.06. The van der Waals surface area contributed by atoms with Gasteiger partial charge in [0.1, 0.15) is 5.54 Å². The number of piperazine rings is 1. The topological polar surface area (TPSA) is 55.9 Å². The standard InChI is InChI=1S/C20H27ClN4O2/c21-16-6-5-7-17(14-16)24-12-10-23(11-13-24)15-25-18(26)20(22-19(25)27)8-3-1-2-4-9-20/h5-7,14H,1-4,8-13,15H2,(H,22,27). The zero-order valence-corrected chi connectivity index (χ0v) is 16.4. The highest BCUT2D eigenvalue weighted by molar-refractivity contribution is 6.30. The van der Waals surface area contributed by atoms with Crippen LogP contribution in [0.15, 0.2) is 24.3 Å². The number of anilines is 1. The zero-order valence-electron chi connectivity index (χ0n) is 15.6. The Balaban J connectivity index is 1.36. The van der Waals surface area contributed by atoms with Crippen molar-refractivity contribution < 1.29 is 9.59 Å². The van der Waals surface area contributed by atoms with Crippen molar-refractivity contribution in [1.82, 2.24) is 15.1 Å². The van der Waals surface area contributed by atoms with Gasteiger partial charge in [-0.3, -0.25) is 9.69 Å². The van der Waals surface area contributed by atoms with Gasteiger partial charge in [-0.15, -0.1) is 0 Å². The Hall–Kier alpha value is -1.79. The molecule has 27 heavy (non-hydrogen) atoms. The zero-order chi connectivity index (χ0) is 18.9. The lowest BCUT2D eigenvalue weighted by molar-refractivity contribution is -0.133. The minimum atomic E-state index is -0.643. The van der Waals surface area contributed by atoms with E-state index in [-0.39, 0.29) is 11.9 Å². The lowest BCUT2D eigenvalue weighted by atomic mass is 9.90. The summed E-state index contributed by atoms with van der Waals surface area (Å²) in [6.07, 6.45) is 5.87. The van der Waals surface area contributed by atoms with E-state index in [0.29, 0.717) is 6.67 Å². The largest absolute Gasteiger partial charge is 0.369 e. The number of halogens is 1. The summed E-state index contributed by atoms with van der Waals surface area (Å²) in [5.74, 6) is -0.0216. The normalized spacial score (nSPS) is 23.6. The number of rotatable bonds is 3. The van der Waals surface area contributed by atoms with Crippen molar-refractivity contribution in [2.75, 3.05) is 37.7 Å². The molecule has 0 atom stereocenters. The van der Waals surface area contributed by atoms with Crippen molar-refractivity contribution in [3.05, 3.63) is 29.3 Å². The molecule has 0 radical (unpaired) electrons. The van der Waals surface area contributed by atoms with Gasteiger partial charge in [-0.2, -0.15) is 0 Å². The maximum absolute atomic E-state index is 13.0. The molecule has 0 bridgehead atoms. The molecule has 146 valence electrons. The van der Waals surface area contributed by atoms with Crippen LogP contribution in [-0.2, 0) is 4.79 Å². The molecule has 7 heteroatoms. The summed E-state index contributed by atoms with van der Waals surface area (Å²) in [6, 6.07) is 7.66. The molecule has 6 nitrogen and oxygen atoms in total. The summed E-state index contributed by atoms with van der Waals surface area (Å²) in [4.78, 5) is 31.5.